The van der Waals surface area contributed by atoms with Crippen LogP contribution in [-0.2, 0) is 13.1 Å². The largest absolute Gasteiger partial charge is 0.253 e. The van der Waals surface area contributed by atoms with Gasteiger partial charge in [-0.05, 0) is 19.3 Å². The number of aryl methyl sites for hydroxylation is 2. The van der Waals surface area contributed by atoms with Crippen LogP contribution in [0.25, 0.3) is 0 Å². The molecule has 0 unspecified atom stereocenters. The van der Waals surface area contributed by atoms with Gasteiger partial charge in [-0.15, -0.1) is 0 Å². The summed E-state index contributed by atoms with van der Waals surface area (Å²) in [6.07, 6.45) is 25.7. The van der Waals surface area contributed by atoms with E-state index in [4.69, 9.17) is 0 Å². The molecule has 0 aliphatic carbocycles. The Hall–Kier alpha value is -0.790. The van der Waals surface area contributed by atoms with Gasteiger partial charge in [-0.3, -0.25) is 0 Å². The molecule has 0 amide bonds. The molecule has 2 heteroatoms. The molecule has 25 heavy (non-hydrogen) atoms. The Labute approximate surface area is 158 Å². The third kappa shape index (κ3) is 10.7. The van der Waals surface area contributed by atoms with Crippen LogP contribution in [0.5, 0.6) is 0 Å². The second-order valence-electron chi connectivity index (χ2n) is 7.83. The third-order valence-electron chi connectivity index (χ3n) is 5.51. The molecule has 0 aliphatic heterocycles. The number of hydrogen-bond acceptors (Lipinski definition) is 0. The Morgan fingerprint density at radius 3 is 1.68 bits per heavy atom. The minimum atomic E-state index is 1.17. The van der Waals surface area contributed by atoms with Crippen LogP contribution in [0.3, 0.4) is 0 Å². The van der Waals surface area contributed by atoms with Crippen molar-refractivity contribution in [2.45, 2.75) is 130 Å². The molecule has 1 rings (SSSR count). The molecular formula is C23H45N2+. The molecule has 1 aromatic heterocycles. The lowest BCUT2D eigenvalue weighted by molar-refractivity contribution is -0.702. The molecule has 0 saturated carbocycles. The van der Waals surface area contributed by atoms with Gasteiger partial charge >= 0.3 is 0 Å². The predicted octanol–water partition coefficient (Wildman–Crippen LogP) is 6.98. The van der Waals surface area contributed by atoms with Gasteiger partial charge in [0, 0.05) is 6.92 Å². The second-order valence-corrected chi connectivity index (χ2v) is 7.83. The summed E-state index contributed by atoms with van der Waals surface area (Å²) in [6, 6.07) is 0. The van der Waals surface area contributed by atoms with E-state index in [-0.39, 0.29) is 0 Å². The lowest BCUT2D eigenvalue weighted by Crippen LogP contribution is -2.35. The van der Waals surface area contributed by atoms with Crippen molar-refractivity contribution in [1.82, 2.24) is 4.57 Å². The minimum Gasteiger partial charge on any atom is -0.234 e. The standard InChI is InChI=1S/C23H45N2/c1-4-6-8-9-10-11-12-13-14-15-16-17-18-20-25-22-21-24(23(25)3)19-7-5-2/h21-22H,4-20H2,1-3H3/q+1. The van der Waals surface area contributed by atoms with Gasteiger partial charge in [0.1, 0.15) is 12.4 Å². The Balaban J connectivity index is 1.91. The first-order valence-corrected chi connectivity index (χ1v) is 11.3. The Morgan fingerprint density at radius 1 is 0.680 bits per heavy atom. The number of rotatable bonds is 17. The number of aromatic nitrogens is 2. The quantitative estimate of drug-likeness (QED) is 0.212. The van der Waals surface area contributed by atoms with Crippen molar-refractivity contribution in [2.75, 3.05) is 0 Å². The molecule has 0 atom stereocenters. The summed E-state index contributed by atoms with van der Waals surface area (Å²) in [6.45, 7) is 9.19. The molecule has 0 aromatic carbocycles. The monoisotopic (exact) mass is 349 g/mol. The van der Waals surface area contributed by atoms with Crippen LogP contribution in [0.4, 0.5) is 0 Å². The van der Waals surface area contributed by atoms with Gasteiger partial charge in [-0.2, -0.15) is 0 Å². The fraction of sp³-hybridized carbons (Fsp3) is 0.870. The first kappa shape index (κ1) is 22.3. The van der Waals surface area contributed by atoms with Crippen LogP contribution >= 0.6 is 0 Å². The summed E-state index contributed by atoms with van der Waals surface area (Å²) in [4.78, 5) is 0. The van der Waals surface area contributed by atoms with E-state index in [9.17, 15) is 0 Å². The van der Waals surface area contributed by atoms with Crippen molar-refractivity contribution in [3.63, 3.8) is 0 Å². The van der Waals surface area contributed by atoms with Crippen LogP contribution in [0.1, 0.15) is 116 Å². The lowest BCUT2D eigenvalue weighted by atomic mass is 10.0. The molecule has 0 radical (unpaired) electrons. The van der Waals surface area contributed by atoms with Crippen LogP contribution in [-0.4, -0.2) is 4.57 Å². The summed E-state index contributed by atoms with van der Waals surface area (Å²) >= 11 is 0. The summed E-state index contributed by atoms with van der Waals surface area (Å²) in [5, 5.41) is 0. The summed E-state index contributed by atoms with van der Waals surface area (Å²) in [5.74, 6) is 1.42. The molecule has 0 N–H and O–H groups in total. The van der Waals surface area contributed by atoms with Gasteiger partial charge < -0.3 is 0 Å². The molecule has 1 aromatic rings. The van der Waals surface area contributed by atoms with Gasteiger partial charge in [0.25, 0.3) is 5.82 Å². The third-order valence-corrected chi connectivity index (χ3v) is 5.51. The number of hydrogen-bond donors (Lipinski definition) is 0. The zero-order valence-corrected chi connectivity index (χ0v) is 17.6. The van der Waals surface area contributed by atoms with E-state index < -0.39 is 0 Å². The van der Waals surface area contributed by atoms with Crippen molar-refractivity contribution in [3.8, 4) is 0 Å². The van der Waals surface area contributed by atoms with Crippen molar-refractivity contribution < 1.29 is 4.57 Å². The van der Waals surface area contributed by atoms with Crippen molar-refractivity contribution in [3.05, 3.63) is 18.2 Å². The van der Waals surface area contributed by atoms with Gasteiger partial charge in [-0.1, -0.05) is 90.9 Å². The van der Waals surface area contributed by atoms with Gasteiger partial charge in [-0.25, -0.2) is 9.13 Å². The number of nitrogens with zero attached hydrogens (tertiary/aromatic N) is 2. The van der Waals surface area contributed by atoms with Gasteiger partial charge in [0.05, 0.1) is 13.1 Å². The number of unbranched alkanes of at least 4 members (excludes halogenated alkanes) is 13. The molecule has 146 valence electrons. The zero-order chi connectivity index (χ0) is 18.2. The highest BCUT2D eigenvalue weighted by Gasteiger charge is 2.10. The van der Waals surface area contributed by atoms with Crippen LogP contribution < -0.4 is 4.57 Å². The maximum Gasteiger partial charge on any atom is 0.253 e. The Bertz CT molecular complexity index is 408. The summed E-state index contributed by atoms with van der Waals surface area (Å²) < 4.78 is 4.85. The van der Waals surface area contributed by atoms with E-state index in [0.29, 0.717) is 0 Å². The molecule has 0 aliphatic rings. The van der Waals surface area contributed by atoms with E-state index in [1.54, 1.807) is 0 Å². The predicted molar refractivity (Wildman–Crippen MR) is 110 cm³/mol. The first-order chi connectivity index (χ1) is 12.3. The fourth-order valence-corrected chi connectivity index (χ4v) is 3.64. The molecule has 1 heterocycles. The number of imidazole rings is 1. The molecule has 0 spiro atoms. The van der Waals surface area contributed by atoms with Crippen LogP contribution in [0.2, 0.25) is 0 Å². The van der Waals surface area contributed by atoms with Gasteiger partial charge in [0.15, 0.2) is 0 Å². The molecule has 2 nitrogen and oxygen atoms in total. The van der Waals surface area contributed by atoms with Crippen molar-refractivity contribution >= 4 is 0 Å². The maximum absolute atomic E-state index is 2.44. The van der Waals surface area contributed by atoms with Gasteiger partial charge in [0.2, 0.25) is 0 Å². The second kappa shape index (κ2) is 15.5. The van der Waals surface area contributed by atoms with Crippen LogP contribution in [0, 0.1) is 6.92 Å². The van der Waals surface area contributed by atoms with E-state index in [0.717, 1.165) is 0 Å². The van der Waals surface area contributed by atoms with Crippen molar-refractivity contribution in [1.29, 1.82) is 0 Å². The molecule has 0 bridgehead atoms. The highest BCUT2D eigenvalue weighted by Crippen LogP contribution is 2.12. The highest BCUT2D eigenvalue weighted by molar-refractivity contribution is 4.79. The van der Waals surface area contributed by atoms with E-state index in [2.05, 4.69) is 42.3 Å². The van der Waals surface area contributed by atoms with Crippen LogP contribution in [0.15, 0.2) is 12.4 Å². The SMILES string of the molecule is CCCCCCCCCCCCCCC[n+]1ccn(CCCC)c1C. The minimum absolute atomic E-state index is 1.17. The highest BCUT2D eigenvalue weighted by atomic mass is 15.1. The van der Waals surface area contributed by atoms with E-state index in [1.165, 1.54) is 115 Å². The average Bonchev–Trinajstić information content (AvgIpc) is 2.97. The summed E-state index contributed by atoms with van der Waals surface area (Å²) in [5.41, 5.74) is 0. The molecule has 0 saturated heterocycles. The van der Waals surface area contributed by atoms with E-state index in [1.807, 2.05) is 0 Å². The maximum atomic E-state index is 2.44. The normalized spacial score (nSPS) is 11.3. The lowest BCUT2D eigenvalue weighted by Gasteiger charge is -2.03. The fourth-order valence-electron chi connectivity index (χ4n) is 3.64. The zero-order valence-electron chi connectivity index (χ0n) is 17.6. The van der Waals surface area contributed by atoms with E-state index >= 15 is 0 Å². The smallest absolute Gasteiger partial charge is 0.234 e. The van der Waals surface area contributed by atoms with Crippen molar-refractivity contribution in [2.24, 2.45) is 0 Å². The summed E-state index contributed by atoms with van der Waals surface area (Å²) in [7, 11) is 0. The Morgan fingerprint density at radius 2 is 1.16 bits per heavy atom. The molecule has 0 fully saturated rings. The average molecular weight is 350 g/mol. The molecular weight excluding hydrogens is 304 g/mol. The topological polar surface area (TPSA) is 8.81 Å². The Kier molecular flexibility index (Phi) is 13.8. The first-order valence-electron chi connectivity index (χ1n) is 11.3.